The average Bonchev–Trinajstić information content (AvgIpc) is 3.03. The maximum Gasteiger partial charge on any atom is 0.139 e. The average molecular weight is 315 g/mol. The molecule has 1 atom stereocenters. The zero-order chi connectivity index (χ0) is 14.5. The Morgan fingerprint density at radius 1 is 0.857 bits per heavy atom. The second-order valence-corrected chi connectivity index (χ2v) is 6.32. The highest BCUT2D eigenvalue weighted by Crippen LogP contribution is 2.30. The molecule has 0 spiro atoms. The van der Waals surface area contributed by atoms with Gasteiger partial charge >= 0.3 is 0 Å². The predicted octanol–water partition coefficient (Wildman–Crippen LogP) is 4.65. The molecule has 0 aliphatic heterocycles. The summed E-state index contributed by atoms with van der Waals surface area (Å²) in [5, 5.41) is 10.2. The van der Waals surface area contributed by atoms with Crippen LogP contribution < -0.4 is 0 Å². The Kier molecular flexibility index (Phi) is 4.63. The highest BCUT2D eigenvalue weighted by atomic mass is 35.5. The van der Waals surface area contributed by atoms with E-state index >= 15 is 0 Å². The molecule has 106 valence electrons. The topological polar surface area (TPSA) is 25.8 Å². The van der Waals surface area contributed by atoms with E-state index in [1.54, 1.807) is 11.3 Å². The first-order valence-corrected chi connectivity index (χ1v) is 8.13. The van der Waals surface area contributed by atoms with Crippen molar-refractivity contribution in [1.29, 1.82) is 0 Å². The van der Waals surface area contributed by atoms with Crippen molar-refractivity contribution in [3.05, 3.63) is 81.8 Å². The molecule has 1 unspecified atom stereocenters. The van der Waals surface area contributed by atoms with Crippen LogP contribution in [0.2, 0.25) is 0 Å². The first kappa shape index (κ1) is 14.2. The van der Waals surface area contributed by atoms with Crippen LogP contribution in [0.1, 0.15) is 26.5 Å². The number of alkyl halides is 1. The monoisotopic (exact) mass is 314 g/mol. The van der Waals surface area contributed by atoms with Gasteiger partial charge in [-0.25, -0.2) is 0 Å². The summed E-state index contributed by atoms with van der Waals surface area (Å²) in [4.78, 5) is 0. The van der Waals surface area contributed by atoms with Crippen LogP contribution in [0, 0.1) is 0 Å². The van der Waals surface area contributed by atoms with E-state index in [-0.39, 0.29) is 5.38 Å². The lowest BCUT2D eigenvalue weighted by atomic mass is 10.1. The van der Waals surface area contributed by atoms with Crippen molar-refractivity contribution in [3.8, 4) is 0 Å². The lowest BCUT2D eigenvalue weighted by Crippen LogP contribution is -1.91. The van der Waals surface area contributed by atoms with Gasteiger partial charge in [-0.1, -0.05) is 72.0 Å². The molecule has 0 radical (unpaired) electrons. The normalized spacial score (nSPS) is 12.2. The minimum Gasteiger partial charge on any atom is -0.143 e. The fraction of sp³-hybridized carbons (Fsp3) is 0.176. The molecule has 3 rings (SSSR count). The molecule has 0 N–H and O–H groups in total. The molecule has 0 amide bonds. The highest BCUT2D eigenvalue weighted by Gasteiger charge is 2.15. The lowest BCUT2D eigenvalue weighted by Gasteiger charge is -2.04. The number of rotatable bonds is 5. The zero-order valence-electron chi connectivity index (χ0n) is 11.4. The summed E-state index contributed by atoms with van der Waals surface area (Å²) >= 11 is 8.07. The first-order valence-electron chi connectivity index (χ1n) is 6.88. The van der Waals surface area contributed by atoms with Crippen molar-refractivity contribution >= 4 is 22.9 Å². The van der Waals surface area contributed by atoms with Crippen molar-refractivity contribution in [3.63, 3.8) is 0 Å². The molecule has 0 fully saturated rings. The van der Waals surface area contributed by atoms with Crippen molar-refractivity contribution in [2.24, 2.45) is 0 Å². The van der Waals surface area contributed by atoms with Crippen LogP contribution in [-0.2, 0) is 12.8 Å². The van der Waals surface area contributed by atoms with Gasteiger partial charge in [0.05, 0.1) is 0 Å². The van der Waals surface area contributed by atoms with Crippen molar-refractivity contribution in [2.45, 2.75) is 18.2 Å². The predicted molar refractivity (Wildman–Crippen MR) is 87.9 cm³/mol. The van der Waals surface area contributed by atoms with E-state index in [0.29, 0.717) is 0 Å². The second-order valence-electron chi connectivity index (χ2n) is 4.79. The Hall–Kier alpha value is -1.71. The molecule has 0 aliphatic rings. The van der Waals surface area contributed by atoms with Crippen molar-refractivity contribution in [2.75, 3.05) is 0 Å². The maximum atomic E-state index is 6.47. The Morgan fingerprint density at radius 3 is 2.24 bits per heavy atom. The van der Waals surface area contributed by atoms with Gasteiger partial charge in [-0.05, 0) is 17.5 Å². The van der Waals surface area contributed by atoms with Gasteiger partial charge in [0.1, 0.15) is 15.4 Å². The number of aryl methyl sites for hydroxylation is 2. The van der Waals surface area contributed by atoms with Crippen LogP contribution in [0.25, 0.3) is 0 Å². The quantitative estimate of drug-likeness (QED) is 0.640. The Bertz CT molecular complexity index is 682. The summed E-state index contributed by atoms with van der Waals surface area (Å²) in [6.07, 6.45) is 1.88. The van der Waals surface area contributed by atoms with Gasteiger partial charge in [-0.3, -0.25) is 0 Å². The number of hydrogen-bond donors (Lipinski definition) is 0. The number of halogens is 1. The molecular weight excluding hydrogens is 300 g/mol. The van der Waals surface area contributed by atoms with Crippen molar-refractivity contribution < 1.29 is 0 Å². The lowest BCUT2D eigenvalue weighted by molar-refractivity contribution is 0.888. The SMILES string of the molecule is ClC(c1ccccc1)c1nnc(CCc2ccccc2)s1. The molecule has 3 aromatic rings. The zero-order valence-corrected chi connectivity index (χ0v) is 13.0. The van der Waals surface area contributed by atoms with Crippen LogP contribution in [0.4, 0.5) is 0 Å². The minimum atomic E-state index is -0.214. The summed E-state index contributed by atoms with van der Waals surface area (Å²) in [5.41, 5.74) is 2.38. The second kappa shape index (κ2) is 6.83. The Labute approximate surface area is 133 Å². The summed E-state index contributed by atoms with van der Waals surface area (Å²) in [6.45, 7) is 0. The third-order valence-electron chi connectivity index (χ3n) is 3.26. The molecule has 2 nitrogen and oxygen atoms in total. The molecule has 0 bridgehead atoms. The molecule has 1 heterocycles. The fourth-order valence-corrected chi connectivity index (χ4v) is 3.30. The van der Waals surface area contributed by atoms with Gasteiger partial charge in [0.25, 0.3) is 0 Å². The third-order valence-corrected chi connectivity index (χ3v) is 4.90. The van der Waals surface area contributed by atoms with Gasteiger partial charge in [0.2, 0.25) is 0 Å². The first-order chi connectivity index (χ1) is 10.3. The highest BCUT2D eigenvalue weighted by molar-refractivity contribution is 7.11. The Morgan fingerprint density at radius 2 is 1.52 bits per heavy atom. The van der Waals surface area contributed by atoms with Gasteiger partial charge in [0.15, 0.2) is 0 Å². The number of hydrogen-bond acceptors (Lipinski definition) is 3. The summed E-state index contributed by atoms with van der Waals surface area (Å²) < 4.78 is 0. The molecule has 1 aromatic heterocycles. The van der Waals surface area contributed by atoms with E-state index in [1.807, 2.05) is 36.4 Å². The number of benzene rings is 2. The molecule has 4 heteroatoms. The summed E-state index contributed by atoms with van der Waals surface area (Å²) in [5.74, 6) is 0. The third kappa shape index (κ3) is 3.69. The van der Waals surface area contributed by atoms with Crippen molar-refractivity contribution in [1.82, 2.24) is 10.2 Å². The standard InChI is InChI=1S/C17H15ClN2S/c18-16(14-9-5-2-6-10-14)17-20-19-15(21-17)12-11-13-7-3-1-4-8-13/h1-10,16H,11-12H2. The molecule has 0 saturated carbocycles. The van der Waals surface area contributed by atoms with Gasteiger partial charge < -0.3 is 0 Å². The van der Waals surface area contributed by atoms with Gasteiger partial charge in [-0.2, -0.15) is 0 Å². The van der Waals surface area contributed by atoms with Crippen LogP contribution in [-0.4, -0.2) is 10.2 Å². The Balaban J connectivity index is 1.66. The minimum absolute atomic E-state index is 0.214. The van der Waals surface area contributed by atoms with Crippen LogP contribution in [0.5, 0.6) is 0 Å². The van der Waals surface area contributed by atoms with E-state index in [0.717, 1.165) is 28.4 Å². The molecule has 2 aromatic carbocycles. The van der Waals surface area contributed by atoms with Crippen LogP contribution >= 0.6 is 22.9 Å². The van der Waals surface area contributed by atoms with E-state index in [1.165, 1.54) is 5.56 Å². The van der Waals surface area contributed by atoms with Crippen LogP contribution in [0.15, 0.2) is 60.7 Å². The molecule has 21 heavy (non-hydrogen) atoms. The largest absolute Gasteiger partial charge is 0.143 e. The number of aromatic nitrogens is 2. The maximum absolute atomic E-state index is 6.47. The van der Waals surface area contributed by atoms with E-state index in [4.69, 9.17) is 11.6 Å². The van der Waals surface area contributed by atoms with Crippen LogP contribution in [0.3, 0.4) is 0 Å². The molecule has 0 saturated heterocycles. The summed E-state index contributed by atoms with van der Waals surface area (Å²) in [6, 6.07) is 20.4. The summed E-state index contributed by atoms with van der Waals surface area (Å²) in [7, 11) is 0. The van der Waals surface area contributed by atoms with E-state index < -0.39 is 0 Å². The van der Waals surface area contributed by atoms with Gasteiger partial charge in [0, 0.05) is 6.42 Å². The van der Waals surface area contributed by atoms with E-state index in [2.05, 4.69) is 34.5 Å². The van der Waals surface area contributed by atoms with Gasteiger partial charge in [-0.15, -0.1) is 21.8 Å². The molecule has 0 aliphatic carbocycles. The smallest absolute Gasteiger partial charge is 0.139 e. The van der Waals surface area contributed by atoms with E-state index in [9.17, 15) is 0 Å². The number of nitrogens with zero attached hydrogens (tertiary/aromatic N) is 2. The molecular formula is C17H15ClN2S. The fourth-order valence-electron chi connectivity index (χ4n) is 2.13.